The Bertz CT molecular complexity index is 1730. The number of unbranched alkanes of at least 4 members (excludes halogenated alkanes) is 1. The molecule has 3 amide bonds. The Morgan fingerprint density at radius 1 is 1.10 bits per heavy atom. The lowest BCUT2D eigenvalue weighted by atomic mass is 10.0. The van der Waals surface area contributed by atoms with Crippen molar-refractivity contribution in [2.45, 2.75) is 101 Å². The molecular weight excluding hydrogens is 620 g/mol. The first-order chi connectivity index (χ1) is 23.7. The van der Waals surface area contributed by atoms with Gasteiger partial charge in [-0.2, -0.15) is 0 Å². The molecule has 3 aromatic rings. The van der Waals surface area contributed by atoms with Gasteiger partial charge in [0.1, 0.15) is 29.5 Å². The zero-order chi connectivity index (χ0) is 34.5. The van der Waals surface area contributed by atoms with Crippen LogP contribution in [0, 0.1) is 5.92 Å². The molecule has 2 aliphatic heterocycles. The molecule has 1 aliphatic carbocycles. The van der Waals surface area contributed by atoms with Gasteiger partial charge < -0.3 is 25.4 Å². The first-order valence-electron chi connectivity index (χ1n) is 17.7. The molecule has 0 spiro atoms. The van der Waals surface area contributed by atoms with Gasteiger partial charge in [-0.1, -0.05) is 75.1 Å². The minimum absolute atomic E-state index is 0.102. The highest BCUT2D eigenvalue weighted by molar-refractivity contribution is 5.96. The number of nitrogens with zero attached hydrogens (tertiary/aromatic N) is 2. The second-order valence-electron chi connectivity index (χ2n) is 13.7. The van der Waals surface area contributed by atoms with E-state index >= 15 is 0 Å². The van der Waals surface area contributed by atoms with Gasteiger partial charge in [-0.15, -0.1) is 6.58 Å². The topological polar surface area (TPSA) is 138 Å². The van der Waals surface area contributed by atoms with E-state index in [1.54, 1.807) is 6.08 Å². The van der Waals surface area contributed by atoms with E-state index in [2.05, 4.69) is 29.3 Å². The first-order valence-corrected chi connectivity index (χ1v) is 17.7. The van der Waals surface area contributed by atoms with Crippen LogP contribution >= 0.6 is 0 Å². The number of benzene rings is 2. The molecule has 1 saturated carbocycles. The largest absolute Gasteiger partial charge is 0.488 e. The number of hydrogen-bond donors (Lipinski definition) is 3. The summed E-state index contributed by atoms with van der Waals surface area (Å²) in [6, 6.07) is 16.2. The molecule has 3 N–H and O–H groups in total. The molecule has 0 unspecified atom stereocenters. The second kappa shape index (κ2) is 14.8. The van der Waals surface area contributed by atoms with Gasteiger partial charge in [0.25, 0.3) is 0 Å². The van der Waals surface area contributed by atoms with Crippen LogP contribution in [0.1, 0.15) is 76.7 Å². The molecule has 2 fully saturated rings. The van der Waals surface area contributed by atoms with Crippen molar-refractivity contribution >= 4 is 34.6 Å². The van der Waals surface area contributed by atoms with Crippen molar-refractivity contribution in [1.82, 2.24) is 20.5 Å². The minimum atomic E-state index is -1.45. The highest BCUT2D eigenvalue weighted by atomic mass is 16.5. The minimum Gasteiger partial charge on any atom is -0.488 e. The van der Waals surface area contributed by atoms with Gasteiger partial charge in [0.2, 0.25) is 17.7 Å². The summed E-state index contributed by atoms with van der Waals surface area (Å²) in [6.07, 6.45) is 8.14. The van der Waals surface area contributed by atoms with Crippen molar-refractivity contribution < 1.29 is 29.0 Å². The lowest BCUT2D eigenvalue weighted by molar-refractivity contribution is -0.146. The van der Waals surface area contributed by atoms with Crippen LogP contribution in [0.2, 0.25) is 0 Å². The van der Waals surface area contributed by atoms with E-state index < -0.39 is 41.5 Å². The van der Waals surface area contributed by atoms with Crippen molar-refractivity contribution in [2.75, 3.05) is 6.54 Å². The molecule has 3 heterocycles. The fraction of sp³-hybridized carbons (Fsp3) is 0.462. The number of nitrogens with one attached hydrogen (secondary N) is 2. The fourth-order valence-electron chi connectivity index (χ4n) is 7.23. The Kier molecular flexibility index (Phi) is 10.3. The SMILES string of the molecule is C=C[C@@H]1C[C@]1(NC(=O)[C@H]1C[C@@H]2CN1C(=O)[C@H](CCCC)NC(=O)CCCCCCc1ccc3nc(-c4ccccc4)cc(c3c1)O2)C(=O)O. The molecule has 258 valence electrons. The molecule has 4 bridgehead atoms. The number of amides is 3. The molecule has 49 heavy (non-hydrogen) atoms. The van der Waals surface area contributed by atoms with Gasteiger partial charge in [-0.25, -0.2) is 9.78 Å². The summed E-state index contributed by atoms with van der Waals surface area (Å²) in [5.74, 6) is -2.02. The van der Waals surface area contributed by atoms with Gasteiger partial charge in [-0.3, -0.25) is 14.4 Å². The first kappa shape index (κ1) is 34.1. The van der Waals surface area contributed by atoms with E-state index in [0.29, 0.717) is 18.6 Å². The number of hydrogen-bond acceptors (Lipinski definition) is 6. The van der Waals surface area contributed by atoms with E-state index in [9.17, 15) is 24.3 Å². The molecule has 2 aromatic carbocycles. The van der Waals surface area contributed by atoms with E-state index in [1.807, 2.05) is 49.4 Å². The van der Waals surface area contributed by atoms with Gasteiger partial charge in [0, 0.05) is 35.8 Å². The predicted octanol–water partition coefficient (Wildman–Crippen LogP) is 5.58. The average Bonchev–Trinajstić information content (AvgIpc) is 3.67. The van der Waals surface area contributed by atoms with Crippen molar-refractivity contribution in [3.8, 4) is 17.0 Å². The Labute approximate surface area is 287 Å². The third-order valence-corrected chi connectivity index (χ3v) is 10.2. The van der Waals surface area contributed by atoms with Crippen LogP contribution in [-0.2, 0) is 25.6 Å². The molecule has 10 heteroatoms. The lowest BCUT2D eigenvalue weighted by Crippen LogP contribution is -2.56. The van der Waals surface area contributed by atoms with Gasteiger partial charge >= 0.3 is 5.97 Å². The highest BCUT2D eigenvalue weighted by Crippen LogP contribution is 2.45. The number of aromatic nitrogens is 1. The summed E-state index contributed by atoms with van der Waals surface area (Å²) in [7, 11) is 0. The van der Waals surface area contributed by atoms with E-state index in [4.69, 9.17) is 9.72 Å². The number of aliphatic carboxylic acids is 1. The fourth-order valence-corrected chi connectivity index (χ4v) is 7.23. The van der Waals surface area contributed by atoms with Gasteiger partial charge in [-0.05, 0) is 49.8 Å². The Morgan fingerprint density at radius 2 is 1.88 bits per heavy atom. The molecule has 1 aromatic heterocycles. The number of ether oxygens (including phenoxy) is 1. The Morgan fingerprint density at radius 3 is 2.59 bits per heavy atom. The van der Waals surface area contributed by atoms with E-state index in [-0.39, 0.29) is 31.2 Å². The van der Waals surface area contributed by atoms with Crippen LogP contribution in [0.15, 0.2) is 67.3 Å². The van der Waals surface area contributed by atoms with Crippen LogP contribution in [0.4, 0.5) is 0 Å². The highest BCUT2D eigenvalue weighted by Gasteiger charge is 2.61. The maximum atomic E-state index is 14.3. The van der Waals surface area contributed by atoms with Crippen LogP contribution < -0.4 is 15.4 Å². The summed E-state index contributed by atoms with van der Waals surface area (Å²) in [6.45, 7) is 5.86. The Hall–Kier alpha value is -4.73. The molecule has 1 saturated heterocycles. The van der Waals surface area contributed by atoms with Gasteiger partial charge in [0.15, 0.2) is 0 Å². The number of fused-ring (bicyclic) bond motifs is 3. The number of carboxylic acid groups (broad SMARTS) is 1. The third-order valence-electron chi connectivity index (χ3n) is 10.2. The normalized spacial score (nSPS) is 25.9. The number of rotatable bonds is 8. The summed E-state index contributed by atoms with van der Waals surface area (Å²) in [5, 5.41) is 16.6. The van der Waals surface area contributed by atoms with E-state index in [1.165, 1.54) is 4.90 Å². The molecule has 3 aliphatic rings. The van der Waals surface area contributed by atoms with Crippen molar-refractivity contribution in [3.05, 3.63) is 72.8 Å². The second-order valence-corrected chi connectivity index (χ2v) is 13.7. The van der Waals surface area contributed by atoms with Crippen molar-refractivity contribution in [3.63, 3.8) is 0 Å². The van der Waals surface area contributed by atoms with Crippen molar-refractivity contribution in [1.29, 1.82) is 0 Å². The number of carboxylic acids is 1. The van der Waals surface area contributed by atoms with Crippen molar-refractivity contribution in [2.24, 2.45) is 5.92 Å². The maximum Gasteiger partial charge on any atom is 0.330 e. The number of aryl methyl sites for hydroxylation is 1. The standard InChI is InChI=1S/C39H46N4O6/c1-3-5-16-31-37(46)43-24-28(21-33(43)36(45)42-39(38(47)48)23-27(39)4-2)49-34-22-32(26-14-10-8-11-15-26)40-30-19-18-25(20-29(30)34)13-9-6-7-12-17-35(44)41-31/h4,8,10-11,14-15,18-20,22,27-28,31,33H,2-3,5-7,9,12-13,16-17,21,23-24H2,1H3,(H,41,44)(H,42,45)(H,47,48)/t27-,28-,31+,33-,39-/m1/s1. The quantitative estimate of drug-likeness (QED) is 0.267. The predicted molar refractivity (Wildman–Crippen MR) is 187 cm³/mol. The monoisotopic (exact) mass is 666 g/mol. The summed E-state index contributed by atoms with van der Waals surface area (Å²) >= 11 is 0. The van der Waals surface area contributed by atoms with E-state index in [0.717, 1.165) is 72.7 Å². The maximum absolute atomic E-state index is 14.3. The number of carbonyl (C=O) groups excluding carboxylic acids is 3. The number of pyridine rings is 1. The Balaban J connectivity index is 1.38. The summed E-state index contributed by atoms with van der Waals surface area (Å²) in [5.41, 5.74) is 2.17. The molecule has 10 nitrogen and oxygen atoms in total. The molecule has 6 rings (SSSR count). The summed E-state index contributed by atoms with van der Waals surface area (Å²) in [4.78, 5) is 60.0. The van der Waals surface area contributed by atoms with Crippen LogP contribution in [0.5, 0.6) is 5.75 Å². The summed E-state index contributed by atoms with van der Waals surface area (Å²) < 4.78 is 6.75. The molecule has 0 radical (unpaired) electrons. The smallest absolute Gasteiger partial charge is 0.330 e. The molecule has 5 atom stereocenters. The van der Waals surface area contributed by atoms with Crippen LogP contribution in [0.3, 0.4) is 0 Å². The third kappa shape index (κ3) is 7.48. The average molecular weight is 667 g/mol. The lowest BCUT2D eigenvalue weighted by Gasteiger charge is -2.29. The van der Waals surface area contributed by atoms with Gasteiger partial charge in [0.05, 0.1) is 17.8 Å². The van der Waals surface area contributed by atoms with Crippen LogP contribution in [0.25, 0.3) is 22.2 Å². The molecular formula is C39H46N4O6. The van der Waals surface area contributed by atoms with Crippen LogP contribution in [-0.4, -0.2) is 69.0 Å². The zero-order valence-corrected chi connectivity index (χ0v) is 28.2. The number of carbonyl (C=O) groups is 4. The zero-order valence-electron chi connectivity index (χ0n) is 28.2.